The monoisotopic (exact) mass is 410 g/mol. The van der Waals surface area contributed by atoms with E-state index in [1.165, 1.54) is 4.90 Å². The minimum atomic E-state index is -4.40. The lowest BCUT2D eigenvalue weighted by Gasteiger charge is -2.32. The first kappa shape index (κ1) is 19.8. The summed E-state index contributed by atoms with van der Waals surface area (Å²) in [5.41, 5.74) is -0.388. The third-order valence-electron chi connectivity index (χ3n) is 5.99. The van der Waals surface area contributed by atoms with Crippen LogP contribution < -0.4 is 16.0 Å². The molecular weight excluding hydrogens is 389 g/mol. The van der Waals surface area contributed by atoms with Gasteiger partial charge in [-0.2, -0.15) is 13.2 Å². The molecule has 3 amide bonds. The highest BCUT2D eigenvalue weighted by Crippen LogP contribution is 2.36. The minimum absolute atomic E-state index is 0.0408. The number of carbonyl (C=O) groups excluding carboxylic acids is 3. The molecule has 7 nitrogen and oxygen atoms in total. The minimum Gasteiger partial charge on any atom is -0.322 e. The van der Waals surface area contributed by atoms with Crippen LogP contribution in [0, 0.1) is 0 Å². The van der Waals surface area contributed by atoms with Crippen LogP contribution in [0.2, 0.25) is 0 Å². The predicted molar refractivity (Wildman–Crippen MR) is 95.6 cm³/mol. The Hall–Kier alpha value is -2.46. The number of nitrogens with zero attached hydrogens (tertiary/aromatic N) is 1. The molecule has 1 aromatic carbocycles. The number of benzene rings is 1. The molecule has 2 saturated heterocycles. The topological polar surface area (TPSA) is 90.5 Å². The maximum Gasteiger partial charge on any atom is 0.407 e. The van der Waals surface area contributed by atoms with Gasteiger partial charge in [-0.3, -0.25) is 25.0 Å². The van der Waals surface area contributed by atoms with Crippen LogP contribution in [0.4, 0.5) is 13.2 Å². The van der Waals surface area contributed by atoms with Gasteiger partial charge in [0.1, 0.15) is 11.6 Å². The Kier molecular flexibility index (Phi) is 4.86. The molecule has 156 valence electrons. The largest absolute Gasteiger partial charge is 0.407 e. The van der Waals surface area contributed by atoms with Crippen molar-refractivity contribution in [3.63, 3.8) is 0 Å². The maximum absolute atomic E-state index is 13.6. The van der Waals surface area contributed by atoms with Crippen molar-refractivity contribution in [1.29, 1.82) is 0 Å². The van der Waals surface area contributed by atoms with Crippen LogP contribution in [-0.4, -0.2) is 53.5 Å². The normalized spacial score (nSPS) is 27.3. The summed E-state index contributed by atoms with van der Waals surface area (Å²) in [4.78, 5) is 37.7. The number of nitrogens with one attached hydrogen (secondary N) is 3. The van der Waals surface area contributed by atoms with Gasteiger partial charge >= 0.3 is 6.18 Å². The van der Waals surface area contributed by atoms with E-state index in [0.29, 0.717) is 16.7 Å². The summed E-state index contributed by atoms with van der Waals surface area (Å²) in [6.07, 6.45) is -4.08. The Labute approximate surface area is 165 Å². The second-order valence-corrected chi connectivity index (χ2v) is 7.70. The van der Waals surface area contributed by atoms with Crippen LogP contribution in [0.25, 0.3) is 0 Å². The standard InChI is InChI=1S/C19H21F3N4O3/c20-19(21,22)18(6-7-23-10-18)24-8-11-2-1-3-12-13(11)9-26(17(12)29)14-4-5-15(27)25-16(14)28/h1-3,14,23-24H,4-10H2,(H,25,27,28). The molecule has 4 rings (SSSR count). The van der Waals surface area contributed by atoms with E-state index in [0.717, 1.165) is 0 Å². The number of alkyl halides is 3. The van der Waals surface area contributed by atoms with Crippen molar-refractivity contribution in [1.82, 2.24) is 20.9 Å². The van der Waals surface area contributed by atoms with Crippen molar-refractivity contribution in [3.05, 3.63) is 34.9 Å². The Morgan fingerprint density at radius 3 is 2.69 bits per heavy atom. The van der Waals surface area contributed by atoms with Gasteiger partial charge in [0.05, 0.1) is 0 Å². The molecule has 0 spiro atoms. The summed E-state index contributed by atoms with van der Waals surface area (Å²) in [6.45, 7) is 0.171. The Morgan fingerprint density at radius 2 is 2.03 bits per heavy atom. The summed E-state index contributed by atoms with van der Waals surface area (Å²) >= 11 is 0. The van der Waals surface area contributed by atoms with Crippen molar-refractivity contribution in [3.8, 4) is 0 Å². The molecule has 3 aliphatic rings. The van der Waals surface area contributed by atoms with E-state index in [2.05, 4.69) is 16.0 Å². The summed E-state index contributed by atoms with van der Waals surface area (Å²) in [5, 5.41) is 7.66. The number of carbonyl (C=O) groups is 3. The van der Waals surface area contributed by atoms with Gasteiger partial charge in [-0.15, -0.1) is 0 Å². The Morgan fingerprint density at radius 1 is 1.24 bits per heavy atom. The number of piperidine rings is 1. The summed E-state index contributed by atoms with van der Waals surface area (Å²) in [6, 6.07) is 4.19. The van der Waals surface area contributed by atoms with Gasteiger partial charge in [0.2, 0.25) is 11.8 Å². The van der Waals surface area contributed by atoms with Crippen LogP contribution in [0.1, 0.15) is 40.7 Å². The van der Waals surface area contributed by atoms with Crippen LogP contribution in [0.5, 0.6) is 0 Å². The molecule has 2 atom stereocenters. The predicted octanol–water partition coefficient (Wildman–Crippen LogP) is 0.832. The van der Waals surface area contributed by atoms with E-state index < -0.39 is 23.7 Å². The van der Waals surface area contributed by atoms with Crippen LogP contribution in [0.15, 0.2) is 18.2 Å². The molecule has 0 saturated carbocycles. The lowest BCUT2D eigenvalue weighted by molar-refractivity contribution is -0.191. The summed E-state index contributed by atoms with van der Waals surface area (Å²) in [5.74, 6) is -1.23. The number of hydrogen-bond donors (Lipinski definition) is 3. The number of rotatable bonds is 4. The van der Waals surface area contributed by atoms with Crippen molar-refractivity contribution in [2.45, 2.75) is 50.1 Å². The van der Waals surface area contributed by atoms with Crippen molar-refractivity contribution >= 4 is 17.7 Å². The van der Waals surface area contributed by atoms with Crippen molar-refractivity contribution in [2.75, 3.05) is 13.1 Å². The molecule has 0 radical (unpaired) electrons. The van der Waals surface area contributed by atoms with Gasteiger partial charge in [0.15, 0.2) is 0 Å². The molecule has 29 heavy (non-hydrogen) atoms. The van der Waals surface area contributed by atoms with Gasteiger partial charge in [-0.25, -0.2) is 0 Å². The molecule has 0 aromatic heterocycles. The fourth-order valence-corrected chi connectivity index (χ4v) is 4.26. The number of halogens is 3. The molecule has 2 fully saturated rings. The average molecular weight is 410 g/mol. The number of imide groups is 1. The number of fused-ring (bicyclic) bond motifs is 1. The van der Waals surface area contributed by atoms with Crippen molar-refractivity contribution in [2.24, 2.45) is 0 Å². The lowest BCUT2D eigenvalue weighted by Crippen LogP contribution is -2.58. The first-order chi connectivity index (χ1) is 13.7. The molecule has 1 aromatic rings. The number of amides is 3. The second-order valence-electron chi connectivity index (χ2n) is 7.70. The van der Waals surface area contributed by atoms with Gasteiger partial charge in [-0.1, -0.05) is 12.1 Å². The fourth-order valence-electron chi connectivity index (χ4n) is 4.26. The van der Waals surface area contributed by atoms with Crippen LogP contribution in [-0.2, 0) is 22.7 Å². The third-order valence-corrected chi connectivity index (χ3v) is 5.99. The van der Waals surface area contributed by atoms with Crippen molar-refractivity contribution < 1.29 is 27.6 Å². The highest BCUT2D eigenvalue weighted by atomic mass is 19.4. The molecular formula is C19H21F3N4O3. The molecule has 0 aliphatic carbocycles. The van der Waals surface area contributed by atoms with Gasteiger partial charge < -0.3 is 10.2 Å². The van der Waals surface area contributed by atoms with E-state index >= 15 is 0 Å². The molecule has 3 aliphatic heterocycles. The molecule has 0 bridgehead atoms. The smallest absolute Gasteiger partial charge is 0.322 e. The first-order valence-corrected chi connectivity index (χ1v) is 9.50. The zero-order valence-electron chi connectivity index (χ0n) is 15.6. The lowest BCUT2D eigenvalue weighted by atomic mass is 9.96. The molecule has 2 unspecified atom stereocenters. The molecule has 10 heteroatoms. The van der Waals surface area contributed by atoms with Gasteiger partial charge in [0, 0.05) is 31.6 Å². The molecule has 3 N–H and O–H groups in total. The van der Waals surface area contributed by atoms with E-state index in [4.69, 9.17) is 0 Å². The Bertz CT molecular complexity index is 865. The SMILES string of the molecule is O=C1CCC(N2Cc3c(CNC4(C(F)(F)F)CCNC4)cccc3C2=O)C(=O)N1. The quantitative estimate of drug-likeness (QED) is 0.640. The van der Waals surface area contributed by atoms with Gasteiger partial charge in [0.25, 0.3) is 5.91 Å². The second kappa shape index (κ2) is 7.10. The third kappa shape index (κ3) is 3.40. The fraction of sp³-hybridized carbons (Fsp3) is 0.526. The first-order valence-electron chi connectivity index (χ1n) is 9.50. The van der Waals surface area contributed by atoms with Crippen LogP contribution in [0.3, 0.4) is 0 Å². The zero-order chi connectivity index (χ0) is 20.8. The highest BCUT2D eigenvalue weighted by Gasteiger charge is 2.55. The van der Waals surface area contributed by atoms with E-state index in [1.54, 1.807) is 18.2 Å². The van der Waals surface area contributed by atoms with Gasteiger partial charge in [-0.05, 0) is 36.6 Å². The summed E-state index contributed by atoms with van der Waals surface area (Å²) in [7, 11) is 0. The summed E-state index contributed by atoms with van der Waals surface area (Å²) < 4.78 is 40.8. The average Bonchev–Trinajstić information content (AvgIpc) is 3.26. The maximum atomic E-state index is 13.6. The Balaban J connectivity index is 1.54. The zero-order valence-corrected chi connectivity index (χ0v) is 15.6. The van der Waals surface area contributed by atoms with E-state index in [9.17, 15) is 27.6 Å². The van der Waals surface area contributed by atoms with E-state index in [-0.39, 0.29) is 57.3 Å². The van der Waals surface area contributed by atoms with Crippen LogP contribution >= 0.6 is 0 Å². The number of hydrogen-bond acceptors (Lipinski definition) is 5. The molecule has 3 heterocycles. The van der Waals surface area contributed by atoms with E-state index in [1.807, 2.05) is 0 Å². The highest BCUT2D eigenvalue weighted by molar-refractivity contribution is 6.05.